The van der Waals surface area contributed by atoms with Crippen LogP contribution in [0.3, 0.4) is 0 Å². The summed E-state index contributed by atoms with van der Waals surface area (Å²) in [4.78, 5) is 10.5. The number of nitro benzene ring substituents is 1. The zero-order chi connectivity index (χ0) is 14.4. The third-order valence-corrected chi connectivity index (χ3v) is 3.20. The van der Waals surface area contributed by atoms with Gasteiger partial charge in [-0.3, -0.25) is 10.1 Å². The van der Waals surface area contributed by atoms with Gasteiger partial charge < -0.3 is 15.2 Å². The first-order valence-corrected chi connectivity index (χ1v) is 6.95. The topological polar surface area (TPSA) is 84.6 Å². The van der Waals surface area contributed by atoms with Crippen molar-refractivity contribution in [2.45, 2.75) is 38.3 Å². The van der Waals surface area contributed by atoms with Crippen molar-refractivity contribution >= 4 is 5.69 Å². The standard InChI is InChI=1S/C14H20N2O4/c17-7-1-2-8-20-14-9-11(10-15-12-4-5-12)3-6-13(14)16(18)19/h3,6,9,12,15,17H,1-2,4-5,7-8,10H2. The summed E-state index contributed by atoms with van der Waals surface area (Å²) in [5.74, 6) is 0.308. The summed E-state index contributed by atoms with van der Waals surface area (Å²) in [5.41, 5.74) is 0.976. The van der Waals surface area contributed by atoms with Crippen molar-refractivity contribution in [3.05, 3.63) is 33.9 Å². The van der Waals surface area contributed by atoms with Crippen LogP contribution in [0.4, 0.5) is 5.69 Å². The van der Waals surface area contributed by atoms with Crippen LogP contribution < -0.4 is 10.1 Å². The van der Waals surface area contributed by atoms with E-state index in [0.717, 1.165) is 5.56 Å². The summed E-state index contributed by atoms with van der Waals surface area (Å²) in [5, 5.41) is 23.0. The van der Waals surface area contributed by atoms with Crippen LogP contribution in [0, 0.1) is 10.1 Å². The predicted octanol–water partition coefficient (Wildman–Crippen LogP) is 2.00. The number of nitrogens with zero attached hydrogens (tertiary/aromatic N) is 1. The second-order valence-electron chi connectivity index (χ2n) is 4.99. The normalized spacial score (nSPS) is 14.2. The quantitative estimate of drug-likeness (QED) is 0.410. The molecule has 6 heteroatoms. The van der Waals surface area contributed by atoms with Gasteiger partial charge in [0.1, 0.15) is 0 Å². The van der Waals surface area contributed by atoms with E-state index in [1.165, 1.54) is 18.9 Å². The molecular weight excluding hydrogens is 260 g/mol. The molecule has 1 aromatic rings. The average Bonchev–Trinajstić information content (AvgIpc) is 3.25. The van der Waals surface area contributed by atoms with E-state index < -0.39 is 4.92 Å². The number of hydrogen-bond acceptors (Lipinski definition) is 5. The predicted molar refractivity (Wildman–Crippen MR) is 74.8 cm³/mol. The van der Waals surface area contributed by atoms with Crippen molar-refractivity contribution in [1.29, 1.82) is 0 Å². The van der Waals surface area contributed by atoms with E-state index in [9.17, 15) is 10.1 Å². The van der Waals surface area contributed by atoms with Crippen LogP contribution in [-0.4, -0.2) is 29.3 Å². The molecular formula is C14H20N2O4. The second-order valence-corrected chi connectivity index (χ2v) is 4.99. The van der Waals surface area contributed by atoms with E-state index in [4.69, 9.17) is 9.84 Å². The molecule has 0 aromatic heterocycles. The van der Waals surface area contributed by atoms with Crippen LogP contribution in [-0.2, 0) is 6.54 Å². The molecule has 20 heavy (non-hydrogen) atoms. The number of rotatable bonds is 9. The molecule has 0 bridgehead atoms. The Balaban J connectivity index is 1.98. The van der Waals surface area contributed by atoms with Gasteiger partial charge in [0.25, 0.3) is 0 Å². The molecule has 0 radical (unpaired) electrons. The lowest BCUT2D eigenvalue weighted by Crippen LogP contribution is -2.15. The minimum Gasteiger partial charge on any atom is -0.487 e. The highest BCUT2D eigenvalue weighted by Gasteiger charge is 2.21. The highest BCUT2D eigenvalue weighted by atomic mass is 16.6. The summed E-state index contributed by atoms with van der Waals surface area (Å²) in [6.07, 6.45) is 3.73. The molecule has 110 valence electrons. The fourth-order valence-electron chi connectivity index (χ4n) is 1.88. The van der Waals surface area contributed by atoms with Gasteiger partial charge in [-0.1, -0.05) is 6.07 Å². The fraction of sp³-hybridized carbons (Fsp3) is 0.571. The van der Waals surface area contributed by atoms with E-state index in [0.29, 0.717) is 37.8 Å². The molecule has 0 amide bonds. The second kappa shape index (κ2) is 7.21. The minimum atomic E-state index is -0.431. The Hall–Kier alpha value is -1.66. The zero-order valence-electron chi connectivity index (χ0n) is 11.4. The number of hydrogen-bond donors (Lipinski definition) is 2. The summed E-state index contributed by atoms with van der Waals surface area (Å²) in [6, 6.07) is 5.57. The Morgan fingerprint density at radius 3 is 2.85 bits per heavy atom. The molecule has 0 aliphatic heterocycles. The Morgan fingerprint density at radius 2 is 2.20 bits per heavy atom. The number of nitrogens with one attached hydrogen (secondary N) is 1. The molecule has 0 spiro atoms. The first-order chi connectivity index (χ1) is 9.70. The van der Waals surface area contributed by atoms with Gasteiger partial charge in [-0.05, 0) is 37.3 Å². The Morgan fingerprint density at radius 1 is 1.40 bits per heavy atom. The van der Waals surface area contributed by atoms with Gasteiger partial charge in [-0.2, -0.15) is 0 Å². The fourth-order valence-corrected chi connectivity index (χ4v) is 1.88. The van der Waals surface area contributed by atoms with Crippen molar-refractivity contribution in [2.75, 3.05) is 13.2 Å². The number of benzene rings is 1. The molecule has 1 aliphatic rings. The third kappa shape index (κ3) is 4.47. The van der Waals surface area contributed by atoms with Gasteiger partial charge in [0.2, 0.25) is 0 Å². The molecule has 0 atom stereocenters. The number of nitro groups is 1. The smallest absolute Gasteiger partial charge is 0.310 e. The lowest BCUT2D eigenvalue weighted by molar-refractivity contribution is -0.385. The molecule has 0 heterocycles. The van der Waals surface area contributed by atoms with Gasteiger partial charge >= 0.3 is 5.69 Å². The van der Waals surface area contributed by atoms with Gasteiger partial charge in [0.15, 0.2) is 5.75 Å². The molecule has 0 unspecified atom stereocenters. The van der Waals surface area contributed by atoms with E-state index >= 15 is 0 Å². The molecule has 0 saturated heterocycles. The molecule has 1 saturated carbocycles. The van der Waals surface area contributed by atoms with Gasteiger partial charge in [0, 0.05) is 25.3 Å². The summed E-state index contributed by atoms with van der Waals surface area (Å²) in [7, 11) is 0. The Kier molecular flexibility index (Phi) is 5.31. The molecule has 1 fully saturated rings. The number of unbranched alkanes of at least 4 members (excludes halogenated alkanes) is 1. The number of ether oxygens (including phenoxy) is 1. The van der Waals surface area contributed by atoms with Crippen molar-refractivity contribution in [1.82, 2.24) is 5.32 Å². The number of aliphatic hydroxyl groups excluding tert-OH is 1. The lowest BCUT2D eigenvalue weighted by Gasteiger charge is -2.09. The van der Waals surface area contributed by atoms with Crippen molar-refractivity contribution in [2.24, 2.45) is 0 Å². The van der Waals surface area contributed by atoms with Crippen LogP contribution in [0.5, 0.6) is 5.75 Å². The van der Waals surface area contributed by atoms with E-state index in [2.05, 4.69) is 5.32 Å². The van der Waals surface area contributed by atoms with Crippen molar-refractivity contribution < 1.29 is 14.8 Å². The minimum absolute atomic E-state index is 0.0100. The van der Waals surface area contributed by atoms with Gasteiger partial charge in [-0.25, -0.2) is 0 Å². The molecule has 6 nitrogen and oxygen atoms in total. The van der Waals surface area contributed by atoms with Crippen molar-refractivity contribution in [3.63, 3.8) is 0 Å². The first kappa shape index (κ1) is 14.7. The van der Waals surface area contributed by atoms with Gasteiger partial charge in [-0.15, -0.1) is 0 Å². The molecule has 1 aliphatic carbocycles. The maximum absolute atomic E-state index is 11.0. The molecule has 1 aromatic carbocycles. The zero-order valence-corrected chi connectivity index (χ0v) is 11.4. The highest BCUT2D eigenvalue weighted by Crippen LogP contribution is 2.28. The maximum Gasteiger partial charge on any atom is 0.310 e. The van der Waals surface area contributed by atoms with Crippen LogP contribution in [0.25, 0.3) is 0 Å². The number of aliphatic hydroxyl groups is 1. The van der Waals surface area contributed by atoms with Crippen LogP contribution in [0.15, 0.2) is 18.2 Å². The third-order valence-electron chi connectivity index (χ3n) is 3.20. The van der Waals surface area contributed by atoms with E-state index in [1.54, 1.807) is 12.1 Å². The summed E-state index contributed by atoms with van der Waals surface area (Å²) >= 11 is 0. The molecule has 2 N–H and O–H groups in total. The first-order valence-electron chi connectivity index (χ1n) is 6.95. The summed E-state index contributed by atoms with van der Waals surface area (Å²) < 4.78 is 5.48. The van der Waals surface area contributed by atoms with Crippen molar-refractivity contribution in [3.8, 4) is 5.75 Å². The lowest BCUT2D eigenvalue weighted by atomic mass is 10.2. The van der Waals surface area contributed by atoms with E-state index in [-0.39, 0.29) is 12.3 Å². The highest BCUT2D eigenvalue weighted by molar-refractivity contribution is 5.48. The van der Waals surface area contributed by atoms with E-state index in [1.807, 2.05) is 0 Å². The maximum atomic E-state index is 11.0. The Labute approximate surface area is 117 Å². The van der Waals surface area contributed by atoms with Gasteiger partial charge in [0.05, 0.1) is 11.5 Å². The summed E-state index contributed by atoms with van der Waals surface area (Å²) in [6.45, 7) is 1.19. The monoisotopic (exact) mass is 280 g/mol. The van der Waals surface area contributed by atoms with Crippen LogP contribution in [0.2, 0.25) is 0 Å². The SMILES string of the molecule is O=[N+]([O-])c1ccc(CNC2CC2)cc1OCCCCO. The Bertz CT molecular complexity index is 460. The van der Waals surface area contributed by atoms with Crippen LogP contribution >= 0.6 is 0 Å². The average molecular weight is 280 g/mol. The molecule has 2 rings (SSSR count). The largest absolute Gasteiger partial charge is 0.487 e. The van der Waals surface area contributed by atoms with Crippen LogP contribution in [0.1, 0.15) is 31.2 Å².